The van der Waals surface area contributed by atoms with Crippen molar-refractivity contribution in [3.63, 3.8) is 0 Å². The standard InChI is InChI=1S/C11H11N5S/c1-16-11(14-7-15-16)17-10-3-2-8(5-12)4-9(10)6-13/h2-4,7H,5,12H2,1H3. The molecule has 0 radical (unpaired) electrons. The highest BCUT2D eigenvalue weighted by molar-refractivity contribution is 7.99. The van der Waals surface area contributed by atoms with Gasteiger partial charge < -0.3 is 5.73 Å². The number of nitrogens with zero attached hydrogens (tertiary/aromatic N) is 4. The van der Waals surface area contributed by atoms with Crippen molar-refractivity contribution in [1.29, 1.82) is 5.26 Å². The Balaban J connectivity index is 2.34. The Morgan fingerprint density at radius 1 is 1.53 bits per heavy atom. The smallest absolute Gasteiger partial charge is 0.190 e. The maximum Gasteiger partial charge on any atom is 0.190 e. The number of nitrogens with two attached hydrogens (primary N) is 1. The first-order valence-electron chi connectivity index (χ1n) is 4.99. The Bertz CT molecular complexity index is 569. The van der Waals surface area contributed by atoms with Gasteiger partial charge in [-0.2, -0.15) is 10.4 Å². The van der Waals surface area contributed by atoms with Gasteiger partial charge in [-0.15, -0.1) is 0 Å². The Labute approximate surface area is 103 Å². The summed E-state index contributed by atoms with van der Waals surface area (Å²) < 4.78 is 1.67. The zero-order valence-corrected chi connectivity index (χ0v) is 10.1. The molecule has 0 amide bonds. The van der Waals surface area contributed by atoms with Crippen LogP contribution in [0, 0.1) is 11.3 Å². The minimum absolute atomic E-state index is 0.434. The fourth-order valence-electron chi connectivity index (χ4n) is 1.36. The van der Waals surface area contributed by atoms with E-state index in [0.717, 1.165) is 15.6 Å². The van der Waals surface area contributed by atoms with Gasteiger partial charge in [-0.3, -0.25) is 0 Å². The van der Waals surface area contributed by atoms with Crippen LogP contribution in [-0.2, 0) is 13.6 Å². The van der Waals surface area contributed by atoms with Crippen LogP contribution >= 0.6 is 11.8 Å². The molecule has 1 aromatic carbocycles. The Morgan fingerprint density at radius 2 is 2.35 bits per heavy atom. The topological polar surface area (TPSA) is 80.5 Å². The molecule has 0 aliphatic heterocycles. The maximum absolute atomic E-state index is 9.09. The van der Waals surface area contributed by atoms with E-state index in [0.29, 0.717) is 12.1 Å². The molecule has 0 atom stereocenters. The van der Waals surface area contributed by atoms with E-state index in [1.807, 2.05) is 19.2 Å². The number of aromatic nitrogens is 3. The highest BCUT2D eigenvalue weighted by atomic mass is 32.2. The Morgan fingerprint density at radius 3 is 2.94 bits per heavy atom. The zero-order chi connectivity index (χ0) is 12.3. The first kappa shape index (κ1) is 11.6. The summed E-state index contributed by atoms with van der Waals surface area (Å²) >= 11 is 1.42. The molecule has 2 N–H and O–H groups in total. The fourth-order valence-corrected chi connectivity index (χ4v) is 2.18. The van der Waals surface area contributed by atoms with Crippen molar-refractivity contribution in [2.75, 3.05) is 0 Å². The van der Waals surface area contributed by atoms with Crippen LogP contribution in [0.5, 0.6) is 0 Å². The molecule has 5 nitrogen and oxygen atoms in total. The van der Waals surface area contributed by atoms with Crippen LogP contribution < -0.4 is 5.73 Å². The second-order valence-corrected chi connectivity index (χ2v) is 4.42. The van der Waals surface area contributed by atoms with E-state index in [4.69, 9.17) is 11.0 Å². The molecular formula is C11H11N5S. The lowest BCUT2D eigenvalue weighted by Crippen LogP contribution is -1.97. The third-order valence-corrected chi connectivity index (χ3v) is 3.40. The largest absolute Gasteiger partial charge is 0.326 e. The van der Waals surface area contributed by atoms with Crippen LogP contribution in [-0.4, -0.2) is 14.8 Å². The Kier molecular flexibility index (Phi) is 3.42. The predicted octanol–water partition coefficient (Wildman–Crippen LogP) is 1.30. The van der Waals surface area contributed by atoms with E-state index in [-0.39, 0.29) is 0 Å². The van der Waals surface area contributed by atoms with Crippen LogP contribution in [0.15, 0.2) is 34.6 Å². The molecule has 0 aliphatic rings. The molecule has 0 unspecified atom stereocenters. The van der Waals surface area contributed by atoms with Crippen LogP contribution in [0.1, 0.15) is 11.1 Å². The molecule has 0 saturated heterocycles. The molecule has 6 heteroatoms. The van der Waals surface area contributed by atoms with Gasteiger partial charge in [-0.05, 0) is 29.5 Å². The third kappa shape index (κ3) is 2.46. The van der Waals surface area contributed by atoms with E-state index in [2.05, 4.69) is 16.2 Å². The summed E-state index contributed by atoms with van der Waals surface area (Å²) in [5.74, 6) is 0. The lowest BCUT2D eigenvalue weighted by Gasteiger charge is -2.04. The van der Waals surface area contributed by atoms with Crippen molar-refractivity contribution in [1.82, 2.24) is 14.8 Å². The summed E-state index contributed by atoms with van der Waals surface area (Å²) in [4.78, 5) is 4.97. The van der Waals surface area contributed by atoms with Crippen LogP contribution in [0.25, 0.3) is 0 Å². The molecule has 0 aliphatic carbocycles. The number of benzene rings is 1. The van der Waals surface area contributed by atoms with Gasteiger partial charge in [-0.25, -0.2) is 9.67 Å². The van der Waals surface area contributed by atoms with Gasteiger partial charge in [0.05, 0.1) is 5.56 Å². The number of hydrogen-bond donors (Lipinski definition) is 1. The van der Waals surface area contributed by atoms with Gasteiger partial charge in [0.2, 0.25) is 0 Å². The summed E-state index contributed by atoms with van der Waals surface area (Å²) in [5.41, 5.74) is 7.10. The van der Waals surface area contributed by atoms with Gasteiger partial charge in [0, 0.05) is 18.5 Å². The second-order valence-electron chi connectivity index (χ2n) is 3.41. The highest BCUT2D eigenvalue weighted by Crippen LogP contribution is 2.28. The predicted molar refractivity (Wildman–Crippen MR) is 64.2 cm³/mol. The van der Waals surface area contributed by atoms with Crippen molar-refractivity contribution in [3.05, 3.63) is 35.7 Å². The second kappa shape index (κ2) is 4.99. The molecule has 0 saturated carbocycles. The van der Waals surface area contributed by atoms with Crippen molar-refractivity contribution in [3.8, 4) is 6.07 Å². The number of nitriles is 1. The van der Waals surface area contributed by atoms with Crippen LogP contribution in [0.3, 0.4) is 0 Å². The Hall–Kier alpha value is -1.84. The quantitative estimate of drug-likeness (QED) is 0.881. The lowest BCUT2D eigenvalue weighted by molar-refractivity contribution is 0.685. The summed E-state index contributed by atoms with van der Waals surface area (Å²) in [6.07, 6.45) is 1.49. The van der Waals surface area contributed by atoms with E-state index >= 15 is 0 Å². The molecule has 0 bridgehead atoms. The molecule has 1 heterocycles. The maximum atomic E-state index is 9.09. The van der Waals surface area contributed by atoms with E-state index in [1.165, 1.54) is 18.1 Å². The highest BCUT2D eigenvalue weighted by Gasteiger charge is 2.08. The van der Waals surface area contributed by atoms with Gasteiger partial charge in [0.15, 0.2) is 5.16 Å². The normalized spacial score (nSPS) is 10.2. The molecule has 17 heavy (non-hydrogen) atoms. The monoisotopic (exact) mass is 245 g/mol. The fraction of sp³-hybridized carbons (Fsp3) is 0.182. The minimum atomic E-state index is 0.434. The van der Waals surface area contributed by atoms with Gasteiger partial charge in [-0.1, -0.05) is 6.07 Å². The van der Waals surface area contributed by atoms with Gasteiger partial charge in [0.1, 0.15) is 12.4 Å². The summed E-state index contributed by atoms with van der Waals surface area (Å²) in [6.45, 7) is 0.434. The molecule has 0 fully saturated rings. The third-order valence-electron chi connectivity index (χ3n) is 2.27. The minimum Gasteiger partial charge on any atom is -0.326 e. The molecular weight excluding hydrogens is 234 g/mol. The zero-order valence-electron chi connectivity index (χ0n) is 9.29. The van der Waals surface area contributed by atoms with Crippen molar-refractivity contribution in [2.24, 2.45) is 12.8 Å². The van der Waals surface area contributed by atoms with Crippen molar-refractivity contribution >= 4 is 11.8 Å². The number of aryl methyl sites for hydroxylation is 1. The molecule has 2 rings (SSSR count). The molecule has 2 aromatic rings. The summed E-state index contributed by atoms with van der Waals surface area (Å²) in [5, 5.41) is 13.8. The average Bonchev–Trinajstić information content (AvgIpc) is 2.75. The van der Waals surface area contributed by atoms with E-state index < -0.39 is 0 Å². The van der Waals surface area contributed by atoms with Crippen LogP contribution in [0.2, 0.25) is 0 Å². The average molecular weight is 245 g/mol. The molecule has 0 spiro atoms. The molecule has 1 aromatic heterocycles. The number of hydrogen-bond acceptors (Lipinski definition) is 5. The first-order valence-corrected chi connectivity index (χ1v) is 5.81. The SMILES string of the molecule is Cn1ncnc1Sc1ccc(CN)cc1C#N. The van der Waals surface area contributed by atoms with Gasteiger partial charge in [0.25, 0.3) is 0 Å². The van der Waals surface area contributed by atoms with Crippen LogP contribution in [0.4, 0.5) is 0 Å². The number of rotatable bonds is 3. The van der Waals surface area contributed by atoms with Crippen molar-refractivity contribution in [2.45, 2.75) is 16.6 Å². The first-order chi connectivity index (χ1) is 8.24. The van der Waals surface area contributed by atoms with Gasteiger partial charge >= 0.3 is 0 Å². The molecule has 86 valence electrons. The van der Waals surface area contributed by atoms with Crippen molar-refractivity contribution < 1.29 is 0 Å². The lowest BCUT2D eigenvalue weighted by atomic mass is 10.1. The van der Waals surface area contributed by atoms with E-state index in [9.17, 15) is 0 Å². The summed E-state index contributed by atoms with van der Waals surface area (Å²) in [7, 11) is 1.82. The summed E-state index contributed by atoms with van der Waals surface area (Å²) in [6, 6.07) is 7.78. The van der Waals surface area contributed by atoms with E-state index in [1.54, 1.807) is 10.7 Å².